The first-order valence-electron chi connectivity index (χ1n) is 7.22. The van der Waals surface area contributed by atoms with Crippen molar-refractivity contribution >= 4 is 28.2 Å². The van der Waals surface area contributed by atoms with Gasteiger partial charge in [-0.3, -0.25) is 4.79 Å². The molecule has 0 aliphatic heterocycles. The molecule has 2 aromatic rings. The van der Waals surface area contributed by atoms with Gasteiger partial charge in [-0.1, -0.05) is 13.3 Å². The van der Waals surface area contributed by atoms with E-state index in [0.717, 1.165) is 23.3 Å². The van der Waals surface area contributed by atoms with Crippen LogP contribution in [0.3, 0.4) is 0 Å². The Balaban J connectivity index is 2.34. The fourth-order valence-corrected chi connectivity index (χ4v) is 3.43. The number of nitrogens with one attached hydrogen (secondary N) is 1. The number of carbonyl (C=O) groups is 2. The van der Waals surface area contributed by atoms with E-state index in [4.69, 9.17) is 9.15 Å². The first kappa shape index (κ1) is 16.3. The summed E-state index contributed by atoms with van der Waals surface area (Å²) in [5, 5.41) is 3.27. The van der Waals surface area contributed by atoms with Gasteiger partial charge >= 0.3 is 5.97 Å². The second-order valence-electron chi connectivity index (χ2n) is 4.76. The number of amides is 1. The van der Waals surface area contributed by atoms with Crippen molar-refractivity contribution in [3.05, 3.63) is 40.2 Å². The van der Waals surface area contributed by atoms with Crippen LogP contribution in [0.4, 0.5) is 5.00 Å². The van der Waals surface area contributed by atoms with Crippen LogP contribution in [0.1, 0.15) is 51.6 Å². The van der Waals surface area contributed by atoms with Crippen LogP contribution in [-0.4, -0.2) is 18.5 Å². The largest absolute Gasteiger partial charge is 0.462 e. The van der Waals surface area contributed by atoms with Crippen molar-refractivity contribution in [2.24, 2.45) is 0 Å². The zero-order valence-corrected chi connectivity index (χ0v) is 13.7. The maximum atomic E-state index is 12.2. The summed E-state index contributed by atoms with van der Waals surface area (Å²) in [5.41, 5.74) is 1.32. The maximum absolute atomic E-state index is 12.2. The van der Waals surface area contributed by atoms with E-state index in [0.29, 0.717) is 17.2 Å². The number of carbonyl (C=O) groups excluding carboxylic acids is 2. The summed E-state index contributed by atoms with van der Waals surface area (Å²) in [7, 11) is 0. The highest BCUT2D eigenvalue weighted by atomic mass is 32.1. The minimum atomic E-state index is -0.409. The number of rotatable bonds is 6. The molecule has 6 heteroatoms. The average Bonchev–Trinajstić information content (AvgIpc) is 3.09. The zero-order valence-electron chi connectivity index (χ0n) is 12.9. The lowest BCUT2D eigenvalue weighted by Gasteiger charge is -2.06. The molecule has 0 aliphatic rings. The van der Waals surface area contributed by atoms with Gasteiger partial charge in [-0.2, -0.15) is 0 Å². The molecule has 0 radical (unpaired) electrons. The van der Waals surface area contributed by atoms with E-state index in [-0.39, 0.29) is 11.7 Å². The second kappa shape index (κ2) is 7.26. The summed E-state index contributed by atoms with van der Waals surface area (Å²) in [6.45, 7) is 6.01. The average molecular weight is 321 g/mol. The van der Waals surface area contributed by atoms with Gasteiger partial charge in [0.1, 0.15) is 5.00 Å². The molecule has 0 fully saturated rings. The van der Waals surface area contributed by atoms with Gasteiger partial charge in [0.25, 0.3) is 5.91 Å². The number of furan rings is 1. The molecule has 1 N–H and O–H groups in total. The summed E-state index contributed by atoms with van der Waals surface area (Å²) in [5.74, 6) is -0.578. The molecule has 0 saturated heterocycles. The molecule has 0 unspecified atom stereocenters. The lowest BCUT2D eigenvalue weighted by molar-refractivity contribution is 0.0527. The molecule has 1 amide bonds. The van der Waals surface area contributed by atoms with Crippen LogP contribution < -0.4 is 5.32 Å². The van der Waals surface area contributed by atoms with Gasteiger partial charge in [0.15, 0.2) is 5.76 Å². The van der Waals surface area contributed by atoms with Crippen molar-refractivity contribution in [1.82, 2.24) is 0 Å². The Kier molecular flexibility index (Phi) is 5.38. The summed E-state index contributed by atoms with van der Waals surface area (Å²) < 4.78 is 10.2. The van der Waals surface area contributed by atoms with Crippen LogP contribution in [0.15, 0.2) is 22.8 Å². The summed E-state index contributed by atoms with van der Waals surface area (Å²) in [6, 6.07) is 3.22. The summed E-state index contributed by atoms with van der Waals surface area (Å²) in [6.07, 6.45) is 3.26. The van der Waals surface area contributed by atoms with Gasteiger partial charge in [-0.05, 0) is 38.0 Å². The van der Waals surface area contributed by atoms with Crippen molar-refractivity contribution in [2.45, 2.75) is 33.6 Å². The van der Waals surface area contributed by atoms with E-state index in [1.807, 2.05) is 6.92 Å². The number of anilines is 1. The van der Waals surface area contributed by atoms with E-state index >= 15 is 0 Å². The molecule has 2 rings (SSSR count). The molecule has 0 aromatic carbocycles. The summed E-state index contributed by atoms with van der Waals surface area (Å²) in [4.78, 5) is 25.4. The second-order valence-corrected chi connectivity index (χ2v) is 5.86. The molecule has 0 bridgehead atoms. The third-order valence-electron chi connectivity index (χ3n) is 3.17. The molecule has 5 nitrogen and oxygen atoms in total. The highest BCUT2D eigenvalue weighted by Gasteiger charge is 2.24. The van der Waals surface area contributed by atoms with E-state index < -0.39 is 5.97 Å². The Hall–Kier alpha value is -2.08. The van der Waals surface area contributed by atoms with Gasteiger partial charge < -0.3 is 14.5 Å². The van der Waals surface area contributed by atoms with Gasteiger partial charge in [0.2, 0.25) is 0 Å². The first-order valence-corrected chi connectivity index (χ1v) is 8.04. The van der Waals surface area contributed by atoms with Gasteiger partial charge in [-0.25, -0.2) is 4.79 Å². The van der Waals surface area contributed by atoms with E-state index in [1.54, 1.807) is 19.1 Å². The Labute approximate surface area is 133 Å². The Morgan fingerprint density at radius 3 is 2.73 bits per heavy atom. The quantitative estimate of drug-likeness (QED) is 0.816. The van der Waals surface area contributed by atoms with Crippen molar-refractivity contribution in [2.75, 3.05) is 11.9 Å². The molecule has 2 heterocycles. The Bertz CT molecular complexity index is 658. The van der Waals surface area contributed by atoms with Gasteiger partial charge in [0, 0.05) is 4.88 Å². The number of hydrogen-bond acceptors (Lipinski definition) is 5. The summed E-state index contributed by atoms with van der Waals surface area (Å²) >= 11 is 1.42. The van der Waals surface area contributed by atoms with Gasteiger partial charge in [0.05, 0.1) is 18.4 Å². The van der Waals surface area contributed by atoms with Crippen molar-refractivity contribution in [3.8, 4) is 0 Å². The smallest absolute Gasteiger partial charge is 0.341 e. The standard InChI is InChI=1S/C16H19NO4S/c1-4-7-12-10(3)13(16(19)20-5-2)15(22-12)17-14(18)11-8-6-9-21-11/h6,8-9H,4-5,7H2,1-3H3,(H,17,18). The molecule has 118 valence electrons. The van der Waals surface area contributed by atoms with Crippen LogP contribution in [0.25, 0.3) is 0 Å². The molecule has 22 heavy (non-hydrogen) atoms. The number of aryl methyl sites for hydroxylation is 1. The Morgan fingerprint density at radius 1 is 1.36 bits per heavy atom. The van der Waals surface area contributed by atoms with Crippen molar-refractivity contribution in [3.63, 3.8) is 0 Å². The molecule has 0 saturated carbocycles. The molecule has 2 aromatic heterocycles. The lowest BCUT2D eigenvalue weighted by Crippen LogP contribution is -2.14. The highest BCUT2D eigenvalue weighted by Crippen LogP contribution is 2.34. The maximum Gasteiger partial charge on any atom is 0.341 e. The van der Waals surface area contributed by atoms with E-state index in [2.05, 4.69) is 12.2 Å². The zero-order chi connectivity index (χ0) is 16.1. The molecular formula is C16H19NO4S. The number of esters is 1. The van der Waals surface area contributed by atoms with Crippen molar-refractivity contribution in [1.29, 1.82) is 0 Å². The third kappa shape index (κ3) is 3.39. The number of hydrogen-bond donors (Lipinski definition) is 1. The van der Waals surface area contributed by atoms with Crippen LogP contribution in [0, 0.1) is 6.92 Å². The fourth-order valence-electron chi connectivity index (χ4n) is 2.14. The predicted octanol–water partition coefficient (Wildman–Crippen LogP) is 4.03. The lowest BCUT2D eigenvalue weighted by atomic mass is 10.1. The highest BCUT2D eigenvalue weighted by molar-refractivity contribution is 7.17. The van der Waals surface area contributed by atoms with E-state index in [1.165, 1.54) is 17.6 Å². The van der Waals surface area contributed by atoms with Crippen molar-refractivity contribution < 1.29 is 18.7 Å². The topological polar surface area (TPSA) is 68.5 Å². The van der Waals surface area contributed by atoms with Gasteiger partial charge in [-0.15, -0.1) is 11.3 Å². The molecule has 0 spiro atoms. The van der Waals surface area contributed by atoms with E-state index in [9.17, 15) is 9.59 Å². The number of ether oxygens (including phenoxy) is 1. The SMILES string of the molecule is CCCc1sc(NC(=O)c2ccco2)c(C(=O)OCC)c1C. The predicted molar refractivity (Wildman–Crippen MR) is 85.7 cm³/mol. The molecule has 0 atom stereocenters. The molecule has 0 aliphatic carbocycles. The minimum Gasteiger partial charge on any atom is -0.462 e. The first-order chi connectivity index (χ1) is 10.6. The minimum absolute atomic E-state index is 0.206. The fraction of sp³-hybridized carbons (Fsp3) is 0.375. The molecular weight excluding hydrogens is 302 g/mol. The normalized spacial score (nSPS) is 10.5. The van der Waals surface area contributed by atoms with Crippen LogP contribution in [-0.2, 0) is 11.2 Å². The Morgan fingerprint density at radius 2 is 2.14 bits per heavy atom. The monoisotopic (exact) mass is 321 g/mol. The number of thiophene rings is 1. The van der Waals surface area contributed by atoms with Crippen LogP contribution >= 0.6 is 11.3 Å². The van der Waals surface area contributed by atoms with Crippen LogP contribution in [0.2, 0.25) is 0 Å². The third-order valence-corrected chi connectivity index (χ3v) is 4.44. The van der Waals surface area contributed by atoms with Crippen LogP contribution in [0.5, 0.6) is 0 Å².